The average Bonchev–Trinajstić information content (AvgIpc) is 2.11. The van der Waals surface area contributed by atoms with Gasteiger partial charge in [0.15, 0.2) is 5.60 Å². The van der Waals surface area contributed by atoms with Gasteiger partial charge in [0.2, 0.25) is 0 Å². The normalized spacial score (nSPS) is 52.5. The maximum Gasteiger partial charge on any atom is 0.647 e. The van der Waals surface area contributed by atoms with Gasteiger partial charge in [-0.05, 0) is 13.8 Å². The molecule has 2 unspecified atom stereocenters. The van der Waals surface area contributed by atoms with Crippen molar-refractivity contribution < 1.29 is 28.9 Å². The molecule has 0 aromatic rings. The maximum atomic E-state index is 10.1. The van der Waals surface area contributed by atoms with Crippen LogP contribution in [0.5, 0.6) is 0 Å². The van der Waals surface area contributed by atoms with Crippen LogP contribution in [0.4, 0.5) is 0 Å². The molecule has 2 N–H and O–H groups in total. The minimum atomic E-state index is -1.71. The van der Waals surface area contributed by atoms with Gasteiger partial charge in [0.1, 0.15) is 5.60 Å². The number of hydrogen-bond acceptors (Lipinski definition) is 6. The number of rotatable bonds is 1. The van der Waals surface area contributed by atoms with Gasteiger partial charge in [-0.25, -0.2) is 0 Å². The fraction of sp³-hybridized carbons (Fsp3) is 1.00. The Hall–Kier alpha value is -0.175. The molecule has 0 aromatic heterocycles. The van der Waals surface area contributed by atoms with Crippen LogP contribution in [0, 0.1) is 0 Å². The Balaban J connectivity index is 2.37. The third-order valence-corrected chi connectivity index (χ3v) is 2.92. The van der Waals surface area contributed by atoms with Crippen LogP contribution in [0.25, 0.3) is 0 Å². The summed E-state index contributed by atoms with van der Waals surface area (Å²) in [5, 5.41) is 20.1. The van der Waals surface area contributed by atoms with Gasteiger partial charge in [-0.2, -0.15) is 0 Å². The summed E-state index contributed by atoms with van der Waals surface area (Å²) in [6.07, 6.45) is 0. The summed E-state index contributed by atoms with van der Waals surface area (Å²) >= 11 is 0. The second kappa shape index (κ2) is 2.69. The highest BCUT2D eigenvalue weighted by atomic mass is 17.0. The molecule has 0 radical (unpaired) electrons. The van der Waals surface area contributed by atoms with Crippen molar-refractivity contribution in [3.63, 3.8) is 0 Å². The van der Waals surface area contributed by atoms with E-state index in [1.165, 1.54) is 21.0 Å². The Morgan fingerprint density at radius 3 is 2.36 bits per heavy atom. The minimum Gasteiger partial charge on any atom is -0.384 e. The summed E-state index contributed by atoms with van der Waals surface area (Å²) in [6, 6.07) is 0. The summed E-state index contributed by atoms with van der Waals surface area (Å²) in [5.74, 6) is -1.64. The van der Waals surface area contributed by atoms with E-state index in [2.05, 4.69) is 0 Å². The average molecular weight is 204 g/mol. The van der Waals surface area contributed by atoms with Crippen molar-refractivity contribution >= 4 is 7.32 Å². The SMILES string of the molecule is COC12OB(OCC(C)(O)C1(C)O)O2. The molecule has 3 fully saturated rings. The Kier molecular flexibility index (Phi) is 1.99. The fourth-order valence-corrected chi connectivity index (χ4v) is 1.56. The molecule has 3 aliphatic heterocycles. The van der Waals surface area contributed by atoms with Gasteiger partial charge in [0.25, 0.3) is 5.97 Å². The number of aliphatic hydroxyl groups is 2. The van der Waals surface area contributed by atoms with E-state index < -0.39 is 24.5 Å². The van der Waals surface area contributed by atoms with E-state index in [1.807, 2.05) is 0 Å². The van der Waals surface area contributed by atoms with E-state index in [0.29, 0.717) is 0 Å². The minimum absolute atomic E-state index is 0.0875. The smallest absolute Gasteiger partial charge is 0.384 e. The van der Waals surface area contributed by atoms with Crippen LogP contribution in [0.15, 0.2) is 0 Å². The largest absolute Gasteiger partial charge is 0.647 e. The molecule has 0 aromatic carbocycles. The molecular formula is C7H13BO6. The molecule has 3 saturated heterocycles. The quantitative estimate of drug-likeness (QED) is 0.525. The Bertz CT molecular complexity index is 247. The fourth-order valence-electron chi connectivity index (χ4n) is 1.56. The molecule has 3 rings (SSSR count). The van der Waals surface area contributed by atoms with Crippen LogP contribution in [0.3, 0.4) is 0 Å². The first kappa shape index (κ1) is 10.3. The summed E-state index contributed by atoms with van der Waals surface area (Å²) in [6.45, 7) is 2.72. The van der Waals surface area contributed by atoms with E-state index in [1.54, 1.807) is 0 Å². The highest BCUT2D eigenvalue weighted by molar-refractivity contribution is 6.39. The lowest BCUT2D eigenvalue weighted by Gasteiger charge is -2.51. The first-order valence-corrected chi connectivity index (χ1v) is 4.32. The Morgan fingerprint density at radius 1 is 1.29 bits per heavy atom. The topological polar surface area (TPSA) is 77.4 Å². The molecule has 7 heteroatoms. The monoisotopic (exact) mass is 204 g/mol. The third-order valence-electron chi connectivity index (χ3n) is 2.92. The van der Waals surface area contributed by atoms with Crippen LogP contribution in [0.2, 0.25) is 0 Å². The van der Waals surface area contributed by atoms with Crippen LogP contribution in [0.1, 0.15) is 13.8 Å². The summed E-state index contributed by atoms with van der Waals surface area (Å²) in [4.78, 5) is 0. The van der Waals surface area contributed by atoms with E-state index in [-0.39, 0.29) is 6.61 Å². The van der Waals surface area contributed by atoms with Gasteiger partial charge < -0.3 is 28.9 Å². The van der Waals surface area contributed by atoms with Gasteiger partial charge in [0, 0.05) is 7.11 Å². The molecule has 2 atom stereocenters. The number of ether oxygens (including phenoxy) is 1. The van der Waals surface area contributed by atoms with Crippen LogP contribution < -0.4 is 0 Å². The number of methoxy groups -OCH3 is 1. The summed E-state index contributed by atoms with van der Waals surface area (Å²) in [5.41, 5.74) is -3.21. The molecule has 14 heavy (non-hydrogen) atoms. The Morgan fingerprint density at radius 2 is 1.86 bits per heavy atom. The molecule has 0 saturated carbocycles. The molecule has 80 valence electrons. The second-order valence-corrected chi connectivity index (χ2v) is 3.94. The zero-order valence-electron chi connectivity index (χ0n) is 8.31. The predicted molar refractivity (Wildman–Crippen MR) is 44.9 cm³/mol. The van der Waals surface area contributed by atoms with Gasteiger partial charge >= 0.3 is 7.32 Å². The van der Waals surface area contributed by atoms with Crippen LogP contribution in [-0.4, -0.2) is 48.4 Å². The van der Waals surface area contributed by atoms with E-state index in [4.69, 9.17) is 18.7 Å². The molecular weight excluding hydrogens is 191 g/mol. The van der Waals surface area contributed by atoms with Gasteiger partial charge in [-0.3, -0.25) is 0 Å². The number of hydrogen-bond donors (Lipinski definition) is 2. The lowest BCUT2D eigenvalue weighted by Crippen LogP contribution is -2.73. The first-order chi connectivity index (χ1) is 6.35. The van der Waals surface area contributed by atoms with Crippen molar-refractivity contribution in [1.82, 2.24) is 0 Å². The standard InChI is InChI=1S/C7H13BO6/c1-5(9)4-12-8-13-7(11-3,14-8)6(5,2)10/h9-10H,4H2,1-3H3. The Labute approximate surface area is 81.9 Å². The highest BCUT2D eigenvalue weighted by Gasteiger charge is 2.72. The van der Waals surface area contributed by atoms with Crippen molar-refractivity contribution in [2.75, 3.05) is 13.7 Å². The van der Waals surface area contributed by atoms with Crippen molar-refractivity contribution in [3.8, 4) is 0 Å². The molecule has 0 aliphatic carbocycles. The summed E-state index contributed by atoms with van der Waals surface area (Å²) in [7, 11) is 0.446. The van der Waals surface area contributed by atoms with Crippen molar-refractivity contribution in [3.05, 3.63) is 0 Å². The molecule has 6 nitrogen and oxygen atoms in total. The van der Waals surface area contributed by atoms with E-state index in [0.717, 1.165) is 0 Å². The van der Waals surface area contributed by atoms with E-state index in [9.17, 15) is 10.2 Å². The zero-order chi connectivity index (χ0) is 10.6. The number of fused-ring (bicyclic) bond motifs is 3. The first-order valence-electron chi connectivity index (χ1n) is 4.32. The second-order valence-electron chi connectivity index (χ2n) is 3.94. The lowest BCUT2D eigenvalue weighted by molar-refractivity contribution is -0.444. The van der Waals surface area contributed by atoms with Gasteiger partial charge in [-0.1, -0.05) is 0 Å². The predicted octanol–water partition coefficient (Wildman–Crippen LogP) is -1.15. The molecule has 0 spiro atoms. The van der Waals surface area contributed by atoms with Gasteiger partial charge in [0.05, 0.1) is 6.61 Å². The van der Waals surface area contributed by atoms with Crippen molar-refractivity contribution in [1.29, 1.82) is 0 Å². The van der Waals surface area contributed by atoms with E-state index >= 15 is 0 Å². The summed E-state index contributed by atoms with van der Waals surface area (Å²) < 4.78 is 20.2. The zero-order valence-corrected chi connectivity index (χ0v) is 8.31. The van der Waals surface area contributed by atoms with Crippen molar-refractivity contribution in [2.45, 2.75) is 31.0 Å². The lowest BCUT2D eigenvalue weighted by atomic mass is 9.83. The van der Waals surface area contributed by atoms with Crippen LogP contribution >= 0.6 is 0 Å². The molecule has 0 amide bonds. The molecule has 2 bridgehead atoms. The molecule has 3 heterocycles. The van der Waals surface area contributed by atoms with Crippen LogP contribution in [-0.2, 0) is 18.7 Å². The van der Waals surface area contributed by atoms with Gasteiger partial charge in [-0.15, -0.1) is 0 Å². The third kappa shape index (κ3) is 1.02. The van der Waals surface area contributed by atoms with Crippen molar-refractivity contribution in [2.24, 2.45) is 0 Å². The molecule has 3 aliphatic rings. The maximum absolute atomic E-state index is 10.1. The highest BCUT2D eigenvalue weighted by Crippen LogP contribution is 2.46.